The van der Waals surface area contributed by atoms with E-state index in [0.29, 0.717) is 0 Å². The standard InChI is InChI=1S/C16H17N3/c1-2-3-11-19-16-10-9-14(12-15(16)17-18-19)13-7-5-4-6-8-13/h4-10,12H,2-3,11H2,1H3. The summed E-state index contributed by atoms with van der Waals surface area (Å²) in [4.78, 5) is 0. The van der Waals surface area contributed by atoms with Crippen LogP contribution in [0.3, 0.4) is 0 Å². The van der Waals surface area contributed by atoms with Gasteiger partial charge in [0.15, 0.2) is 0 Å². The minimum atomic E-state index is 0.942. The van der Waals surface area contributed by atoms with Gasteiger partial charge in [-0.2, -0.15) is 0 Å². The van der Waals surface area contributed by atoms with Gasteiger partial charge in [0.05, 0.1) is 5.52 Å². The molecule has 96 valence electrons. The molecule has 0 N–H and O–H groups in total. The van der Waals surface area contributed by atoms with Crippen molar-refractivity contribution >= 4 is 11.0 Å². The van der Waals surface area contributed by atoms with E-state index in [-0.39, 0.29) is 0 Å². The zero-order valence-corrected chi connectivity index (χ0v) is 11.1. The fraction of sp³-hybridized carbons (Fsp3) is 0.250. The highest BCUT2D eigenvalue weighted by Crippen LogP contribution is 2.23. The van der Waals surface area contributed by atoms with Crippen LogP contribution in [0.25, 0.3) is 22.2 Å². The van der Waals surface area contributed by atoms with Crippen LogP contribution in [0.1, 0.15) is 19.8 Å². The summed E-state index contributed by atoms with van der Waals surface area (Å²) in [6, 6.07) is 16.7. The van der Waals surface area contributed by atoms with Gasteiger partial charge in [0, 0.05) is 6.54 Å². The van der Waals surface area contributed by atoms with Crippen molar-refractivity contribution in [3.8, 4) is 11.1 Å². The van der Waals surface area contributed by atoms with Gasteiger partial charge in [-0.05, 0) is 29.7 Å². The largest absolute Gasteiger partial charge is 0.245 e. The molecule has 3 rings (SSSR count). The topological polar surface area (TPSA) is 30.7 Å². The molecular weight excluding hydrogens is 234 g/mol. The molecular formula is C16H17N3. The molecule has 0 radical (unpaired) electrons. The van der Waals surface area contributed by atoms with Gasteiger partial charge in [0.25, 0.3) is 0 Å². The van der Waals surface area contributed by atoms with Crippen molar-refractivity contribution in [3.05, 3.63) is 48.5 Å². The first-order chi connectivity index (χ1) is 9.38. The van der Waals surface area contributed by atoms with Gasteiger partial charge in [-0.25, -0.2) is 4.68 Å². The zero-order valence-electron chi connectivity index (χ0n) is 11.1. The van der Waals surface area contributed by atoms with E-state index in [1.165, 1.54) is 17.5 Å². The quantitative estimate of drug-likeness (QED) is 0.704. The highest BCUT2D eigenvalue weighted by molar-refractivity contribution is 5.81. The van der Waals surface area contributed by atoms with E-state index in [1.807, 2.05) is 10.7 Å². The minimum absolute atomic E-state index is 0.942. The molecule has 0 saturated carbocycles. The Labute approximate surface area is 112 Å². The third-order valence-electron chi connectivity index (χ3n) is 3.34. The molecule has 0 spiro atoms. The number of nitrogens with zero attached hydrogens (tertiary/aromatic N) is 3. The van der Waals surface area contributed by atoms with E-state index in [4.69, 9.17) is 0 Å². The third kappa shape index (κ3) is 2.36. The van der Waals surface area contributed by atoms with Crippen LogP contribution in [-0.2, 0) is 6.54 Å². The number of hydrogen-bond acceptors (Lipinski definition) is 2. The predicted octanol–water partition coefficient (Wildman–Crippen LogP) is 3.90. The van der Waals surface area contributed by atoms with Gasteiger partial charge in [0.1, 0.15) is 5.52 Å². The van der Waals surface area contributed by atoms with Crippen LogP contribution < -0.4 is 0 Å². The predicted molar refractivity (Wildman–Crippen MR) is 77.9 cm³/mol. The lowest BCUT2D eigenvalue weighted by molar-refractivity contribution is 0.567. The molecule has 0 fully saturated rings. The molecule has 3 heteroatoms. The maximum Gasteiger partial charge on any atom is 0.113 e. The fourth-order valence-electron chi connectivity index (χ4n) is 2.26. The van der Waals surface area contributed by atoms with E-state index in [2.05, 4.69) is 59.7 Å². The summed E-state index contributed by atoms with van der Waals surface area (Å²) in [7, 11) is 0. The van der Waals surface area contributed by atoms with Crippen LogP contribution >= 0.6 is 0 Å². The second-order valence-corrected chi connectivity index (χ2v) is 4.74. The molecule has 0 aliphatic carbocycles. The van der Waals surface area contributed by atoms with Gasteiger partial charge in [0.2, 0.25) is 0 Å². The molecule has 1 aromatic heterocycles. The van der Waals surface area contributed by atoms with Crippen molar-refractivity contribution in [2.75, 3.05) is 0 Å². The van der Waals surface area contributed by atoms with Crippen molar-refractivity contribution in [3.63, 3.8) is 0 Å². The molecule has 3 aromatic rings. The van der Waals surface area contributed by atoms with Crippen LogP contribution in [0.15, 0.2) is 48.5 Å². The molecule has 0 unspecified atom stereocenters. The second-order valence-electron chi connectivity index (χ2n) is 4.74. The Hall–Kier alpha value is -2.16. The average Bonchev–Trinajstić information content (AvgIpc) is 2.88. The number of unbranched alkanes of at least 4 members (excludes halogenated alkanes) is 1. The van der Waals surface area contributed by atoms with Crippen molar-refractivity contribution in [2.24, 2.45) is 0 Å². The Bertz CT molecular complexity index is 671. The minimum Gasteiger partial charge on any atom is -0.245 e. The Morgan fingerprint density at radius 2 is 1.84 bits per heavy atom. The summed E-state index contributed by atoms with van der Waals surface area (Å²) in [6.45, 7) is 3.13. The van der Waals surface area contributed by atoms with E-state index in [0.717, 1.165) is 24.0 Å². The molecule has 0 atom stereocenters. The summed E-state index contributed by atoms with van der Waals surface area (Å²) < 4.78 is 1.99. The summed E-state index contributed by atoms with van der Waals surface area (Å²) >= 11 is 0. The number of hydrogen-bond donors (Lipinski definition) is 0. The zero-order chi connectivity index (χ0) is 13.1. The van der Waals surface area contributed by atoms with Gasteiger partial charge in [-0.3, -0.25) is 0 Å². The highest BCUT2D eigenvalue weighted by Gasteiger charge is 2.05. The van der Waals surface area contributed by atoms with Crippen LogP contribution in [0.4, 0.5) is 0 Å². The van der Waals surface area contributed by atoms with Crippen molar-refractivity contribution < 1.29 is 0 Å². The number of aryl methyl sites for hydroxylation is 1. The van der Waals surface area contributed by atoms with E-state index in [1.54, 1.807) is 0 Å². The number of rotatable bonds is 4. The fourth-order valence-corrected chi connectivity index (χ4v) is 2.26. The van der Waals surface area contributed by atoms with E-state index < -0.39 is 0 Å². The molecule has 0 bridgehead atoms. The Morgan fingerprint density at radius 3 is 2.63 bits per heavy atom. The van der Waals surface area contributed by atoms with Crippen LogP contribution in [0.5, 0.6) is 0 Å². The van der Waals surface area contributed by atoms with Crippen molar-refractivity contribution in [1.29, 1.82) is 0 Å². The maximum atomic E-state index is 4.27. The van der Waals surface area contributed by atoms with Crippen LogP contribution in [0, 0.1) is 0 Å². The number of benzene rings is 2. The van der Waals surface area contributed by atoms with Crippen molar-refractivity contribution in [2.45, 2.75) is 26.3 Å². The lowest BCUT2D eigenvalue weighted by Crippen LogP contribution is -1.99. The lowest BCUT2D eigenvalue weighted by atomic mass is 10.1. The maximum absolute atomic E-state index is 4.27. The van der Waals surface area contributed by atoms with Crippen molar-refractivity contribution in [1.82, 2.24) is 15.0 Å². The summed E-state index contributed by atoms with van der Waals surface area (Å²) in [5, 5.41) is 8.50. The summed E-state index contributed by atoms with van der Waals surface area (Å²) in [5.74, 6) is 0. The number of aromatic nitrogens is 3. The molecule has 2 aromatic carbocycles. The Kier molecular flexibility index (Phi) is 3.27. The molecule has 19 heavy (non-hydrogen) atoms. The van der Waals surface area contributed by atoms with Gasteiger partial charge >= 0.3 is 0 Å². The van der Waals surface area contributed by atoms with Gasteiger partial charge in [-0.1, -0.05) is 55.0 Å². The van der Waals surface area contributed by atoms with Gasteiger partial charge < -0.3 is 0 Å². The molecule has 0 aliphatic heterocycles. The van der Waals surface area contributed by atoms with E-state index >= 15 is 0 Å². The summed E-state index contributed by atoms with van der Waals surface area (Å²) in [6.07, 6.45) is 2.31. The molecule has 0 saturated heterocycles. The van der Waals surface area contributed by atoms with E-state index in [9.17, 15) is 0 Å². The first kappa shape index (κ1) is 11.9. The summed E-state index contributed by atoms with van der Waals surface area (Å²) in [5.41, 5.74) is 4.49. The Balaban J connectivity index is 1.99. The first-order valence-electron chi connectivity index (χ1n) is 6.77. The molecule has 0 aliphatic rings. The molecule has 0 amide bonds. The van der Waals surface area contributed by atoms with Crippen LogP contribution in [0.2, 0.25) is 0 Å². The molecule has 1 heterocycles. The normalized spacial score (nSPS) is 11.0. The third-order valence-corrected chi connectivity index (χ3v) is 3.34. The Morgan fingerprint density at radius 1 is 1.00 bits per heavy atom. The number of fused-ring (bicyclic) bond motifs is 1. The molecule has 3 nitrogen and oxygen atoms in total. The monoisotopic (exact) mass is 251 g/mol. The van der Waals surface area contributed by atoms with Crippen LogP contribution in [-0.4, -0.2) is 15.0 Å². The second kappa shape index (κ2) is 5.22. The lowest BCUT2D eigenvalue weighted by Gasteiger charge is -2.03. The highest BCUT2D eigenvalue weighted by atomic mass is 15.4. The first-order valence-corrected chi connectivity index (χ1v) is 6.77. The smallest absolute Gasteiger partial charge is 0.113 e. The average molecular weight is 251 g/mol. The SMILES string of the molecule is CCCCn1nnc2cc(-c3ccccc3)ccc21. The van der Waals surface area contributed by atoms with Gasteiger partial charge in [-0.15, -0.1) is 5.10 Å².